The van der Waals surface area contributed by atoms with E-state index in [4.69, 9.17) is 9.57 Å². The molecule has 0 aliphatic carbocycles. The minimum absolute atomic E-state index is 0.0430. The molecule has 0 saturated carbocycles. The quantitative estimate of drug-likeness (QED) is 0.138. The number of nitrogens with one attached hydrogen (secondary N) is 3. The van der Waals surface area contributed by atoms with Crippen molar-refractivity contribution in [2.24, 2.45) is 0 Å². The molecule has 3 N–H and O–H groups in total. The van der Waals surface area contributed by atoms with Crippen molar-refractivity contribution in [3.63, 3.8) is 0 Å². The van der Waals surface area contributed by atoms with Gasteiger partial charge in [0.25, 0.3) is 15.9 Å². The van der Waals surface area contributed by atoms with Gasteiger partial charge in [-0.3, -0.25) is 14.5 Å². The summed E-state index contributed by atoms with van der Waals surface area (Å²) >= 11 is 0. The highest BCUT2D eigenvalue weighted by atomic mass is 32.2. The molecule has 12 heteroatoms. The van der Waals surface area contributed by atoms with E-state index >= 15 is 0 Å². The molecule has 1 saturated heterocycles. The molecule has 3 aromatic rings. The standard InChI is InChI=1S/C31H35N5O6S/c1-21-19-26-27(20-25(21)31(38)41-3)33-30(37)28(26)29(22-7-5-4-6-8-22)32-23-9-11-24(12-10-23)43(39,40)34-42-18-17-36-15-13-35(2)14-16-36/h4-12,19-20,32,34H,13-18H2,1-3H3,(H,33,37)/b29-28-. The Labute approximate surface area is 251 Å². The van der Waals surface area contributed by atoms with E-state index in [1.54, 1.807) is 31.2 Å². The molecule has 0 bridgehead atoms. The number of carbonyl (C=O) groups is 2. The Hall–Kier alpha value is -4.07. The van der Waals surface area contributed by atoms with Crippen LogP contribution in [0.4, 0.5) is 11.4 Å². The van der Waals surface area contributed by atoms with Gasteiger partial charge in [0.2, 0.25) is 0 Å². The Bertz CT molecular complexity index is 1630. The first-order valence-corrected chi connectivity index (χ1v) is 15.4. The minimum atomic E-state index is -3.89. The fraction of sp³-hybridized carbons (Fsp3) is 0.290. The molecule has 0 atom stereocenters. The van der Waals surface area contributed by atoms with E-state index in [0.717, 1.165) is 31.7 Å². The molecule has 0 radical (unpaired) electrons. The number of piperazine rings is 1. The summed E-state index contributed by atoms with van der Waals surface area (Å²) in [5, 5.41) is 6.17. The highest BCUT2D eigenvalue weighted by Gasteiger charge is 2.30. The van der Waals surface area contributed by atoms with Crippen molar-refractivity contribution in [3.8, 4) is 0 Å². The Morgan fingerprint density at radius 2 is 1.70 bits per heavy atom. The van der Waals surface area contributed by atoms with Gasteiger partial charge in [-0.25, -0.2) is 13.2 Å². The molecule has 1 fully saturated rings. The van der Waals surface area contributed by atoms with Gasteiger partial charge in [0.1, 0.15) is 0 Å². The zero-order valence-corrected chi connectivity index (χ0v) is 25.2. The maximum Gasteiger partial charge on any atom is 0.338 e. The third-order valence-electron chi connectivity index (χ3n) is 7.53. The van der Waals surface area contributed by atoms with E-state index in [1.807, 2.05) is 30.3 Å². The number of likely N-dealkylation sites (N-methyl/N-ethyl adjacent to an activating group) is 1. The number of anilines is 2. The second kappa shape index (κ2) is 13.1. The molecule has 0 spiro atoms. The summed E-state index contributed by atoms with van der Waals surface area (Å²) < 4.78 is 30.5. The second-order valence-corrected chi connectivity index (χ2v) is 12.1. The molecule has 3 aromatic carbocycles. The van der Waals surface area contributed by atoms with Gasteiger partial charge in [-0.15, -0.1) is 0 Å². The molecular weight excluding hydrogens is 570 g/mol. The van der Waals surface area contributed by atoms with Gasteiger partial charge in [0.15, 0.2) is 0 Å². The number of hydrogen-bond donors (Lipinski definition) is 3. The third-order valence-corrected chi connectivity index (χ3v) is 8.76. The van der Waals surface area contributed by atoms with Crippen LogP contribution < -0.4 is 15.5 Å². The van der Waals surface area contributed by atoms with Crippen LogP contribution in [0.15, 0.2) is 71.6 Å². The number of nitrogens with zero attached hydrogens (tertiary/aromatic N) is 2. The molecule has 2 heterocycles. The van der Waals surface area contributed by atoms with Crippen LogP contribution in [0, 0.1) is 6.92 Å². The molecule has 226 valence electrons. The first-order valence-electron chi connectivity index (χ1n) is 13.9. The number of sulfonamides is 1. The summed E-state index contributed by atoms with van der Waals surface area (Å²) in [6.07, 6.45) is 0. The second-order valence-electron chi connectivity index (χ2n) is 10.5. The number of rotatable bonds is 10. The maximum atomic E-state index is 13.3. The van der Waals surface area contributed by atoms with Crippen molar-refractivity contribution < 1.29 is 27.6 Å². The number of amides is 1. The highest BCUT2D eigenvalue weighted by molar-refractivity contribution is 7.89. The fourth-order valence-electron chi connectivity index (χ4n) is 5.06. The predicted octanol–water partition coefficient (Wildman–Crippen LogP) is 3.17. The summed E-state index contributed by atoms with van der Waals surface area (Å²) in [6, 6.07) is 18.9. The van der Waals surface area contributed by atoms with Crippen LogP contribution in [0.25, 0.3) is 11.3 Å². The first-order chi connectivity index (χ1) is 20.7. The number of ether oxygens (including phenoxy) is 1. The molecule has 43 heavy (non-hydrogen) atoms. The third kappa shape index (κ3) is 6.95. The van der Waals surface area contributed by atoms with Crippen LogP contribution >= 0.6 is 0 Å². The van der Waals surface area contributed by atoms with Crippen LogP contribution in [-0.4, -0.2) is 83.6 Å². The highest BCUT2D eigenvalue weighted by Crippen LogP contribution is 2.39. The van der Waals surface area contributed by atoms with Gasteiger partial charge in [-0.2, -0.15) is 0 Å². The lowest BCUT2D eigenvalue weighted by molar-refractivity contribution is -0.110. The average Bonchev–Trinajstić information content (AvgIpc) is 3.32. The SMILES string of the molecule is COC(=O)c1cc2c(cc1C)/C(=C(/Nc1ccc(S(=O)(=O)NOCCN3CCN(C)CC3)cc1)c1ccccc1)C(=O)N2. The topological polar surface area (TPSA) is 129 Å². The molecular formula is C31H35N5O6S. The van der Waals surface area contributed by atoms with Crippen LogP contribution in [-0.2, 0) is 24.4 Å². The molecule has 2 aliphatic rings. The lowest BCUT2D eigenvalue weighted by Crippen LogP contribution is -2.45. The van der Waals surface area contributed by atoms with E-state index in [1.165, 1.54) is 19.2 Å². The molecule has 11 nitrogen and oxygen atoms in total. The number of methoxy groups -OCH3 is 1. The van der Waals surface area contributed by atoms with Crippen molar-refractivity contribution >= 4 is 44.5 Å². The van der Waals surface area contributed by atoms with Crippen molar-refractivity contribution in [1.29, 1.82) is 0 Å². The minimum Gasteiger partial charge on any atom is -0.465 e. The number of aryl methyl sites for hydroxylation is 1. The fourth-order valence-corrected chi connectivity index (χ4v) is 5.89. The van der Waals surface area contributed by atoms with Gasteiger partial charge in [0, 0.05) is 44.0 Å². The van der Waals surface area contributed by atoms with E-state index < -0.39 is 16.0 Å². The monoisotopic (exact) mass is 605 g/mol. The Kier molecular flexibility index (Phi) is 9.23. The molecule has 0 unspecified atom stereocenters. The number of esters is 1. The van der Waals surface area contributed by atoms with Gasteiger partial charge in [-0.05, 0) is 61.5 Å². The largest absolute Gasteiger partial charge is 0.465 e. The summed E-state index contributed by atoms with van der Waals surface area (Å²) in [7, 11) is -0.502. The zero-order valence-electron chi connectivity index (χ0n) is 24.3. The van der Waals surface area contributed by atoms with Gasteiger partial charge in [0.05, 0.1) is 41.1 Å². The molecule has 2 aliphatic heterocycles. The van der Waals surface area contributed by atoms with E-state index in [2.05, 4.69) is 32.4 Å². The Balaban J connectivity index is 1.35. The molecule has 0 aromatic heterocycles. The summed E-state index contributed by atoms with van der Waals surface area (Å²) in [6.45, 7) is 6.44. The lowest BCUT2D eigenvalue weighted by Gasteiger charge is -2.32. The number of fused-ring (bicyclic) bond motifs is 1. The Morgan fingerprint density at radius 3 is 2.37 bits per heavy atom. The molecule has 5 rings (SSSR count). The van der Waals surface area contributed by atoms with Crippen LogP contribution in [0.5, 0.6) is 0 Å². The first kappa shape index (κ1) is 30.4. The van der Waals surface area contributed by atoms with Crippen molar-refractivity contribution in [3.05, 3.63) is 89.0 Å². The van der Waals surface area contributed by atoms with Gasteiger partial charge >= 0.3 is 5.97 Å². The van der Waals surface area contributed by atoms with Crippen LogP contribution in [0.2, 0.25) is 0 Å². The van der Waals surface area contributed by atoms with Crippen molar-refractivity contribution in [1.82, 2.24) is 14.7 Å². The van der Waals surface area contributed by atoms with E-state index in [-0.39, 0.29) is 17.4 Å². The van der Waals surface area contributed by atoms with Crippen molar-refractivity contribution in [2.75, 3.05) is 64.1 Å². The number of carbonyl (C=O) groups excluding carboxylic acids is 2. The number of benzene rings is 3. The van der Waals surface area contributed by atoms with Crippen molar-refractivity contribution in [2.45, 2.75) is 11.8 Å². The normalized spacial score (nSPS) is 16.9. The zero-order chi connectivity index (χ0) is 30.6. The number of hydrogen-bond acceptors (Lipinski definition) is 9. The van der Waals surface area contributed by atoms with Gasteiger partial charge < -0.3 is 20.3 Å². The Morgan fingerprint density at radius 1 is 1.00 bits per heavy atom. The van der Waals surface area contributed by atoms with E-state index in [0.29, 0.717) is 45.9 Å². The predicted molar refractivity (Wildman–Crippen MR) is 165 cm³/mol. The molecule has 1 amide bonds. The van der Waals surface area contributed by atoms with Gasteiger partial charge in [-0.1, -0.05) is 35.2 Å². The summed E-state index contributed by atoms with van der Waals surface area (Å²) in [4.78, 5) is 37.6. The van der Waals surface area contributed by atoms with Crippen LogP contribution in [0.3, 0.4) is 0 Å². The van der Waals surface area contributed by atoms with Crippen LogP contribution in [0.1, 0.15) is 27.0 Å². The van der Waals surface area contributed by atoms with E-state index in [9.17, 15) is 18.0 Å². The summed E-state index contributed by atoms with van der Waals surface area (Å²) in [5.74, 6) is -0.821. The average molecular weight is 606 g/mol. The maximum absolute atomic E-state index is 13.3. The smallest absolute Gasteiger partial charge is 0.338 e. The lowest BCUT2D eigenvalue weighted by atomic mass is 9.96. The summed E-state index contributed by atoms with van der Waals surface area (Å²) in [5.41, 5.74) is 4.43.